The van der Waals surface area contributed by atoms with Crippen LogP contribution in [0, 0.1) is 5.41 Å². The van der Waals surface area contributed by atoms with E-state index in [1.807, 2.05) is 13.8 Å². The molecule has 152 valence electrons. The molecular formula is C19H30ClN3O4. The topological polar surface area (TPSA) is 103 Å². The zero-order valence-corrected chi connectivity index (χ0v) is 17.0. The second-order valence-corrected chi connectivity index (χ2v) is 6.64. The molecule has 7 nitrogen and oxygen atoms in total. The number of nitrogens with two attached hydrogens (primary N) is 1. The van der Waals surface area contributed by atoms with Crippen LogP contribution in [0.3, 0.4) is 0 Å². The molecule has 0 atom stereocenters. The van der Waals surface area contributed by atoms with Gasteiger partial charge in [-0.3, -0.25) is 9.59 Å². The van der Waals surface area contributed by atoms with Gasteiger partial charge in [0.05, 0.1) is 12.5 Å². The maximum atomic E-state index is 12.7. The minimum absolute atomic E-state index is 0. The Kier molecular flexibility index (Phi) is 8.85. The van der Waals surface area contributed by atoms with Gasteiger partial charge < -0.3 is 25.8 Å². The molecule has 0 spiro atoms. The Morgan fingerprint density at radius 2 is 1.89 bits per heavy atom. The third-order valence-corrected chi connectivity index (χ3v) is 4.95. The van der Waals surface area contributed by atoms with Crippen molar-refractivity contribution < 1.29 is 19.1 Å². The lowest BCUT2D eigenvalue weighted by molar-refractivity contribution is -0.125. The van der Waals surface area contributed by atoms with E-state index in [0.717, 1.165) is 12.8 Å². The van der Waals surface area contributed by atoms with Gasteiger partial charge in [-0.15, -0.1) is 12.4 Å². The van der Waals surface area contributed by atoms with Crippen molar-refractivity contribution in [2.45, 2.75) is 45.6 Å². The molecule has 0 aliphatic heterocycles. The lowest BCUT2D eigenvalue weighted by Crippen LogP contribution is -2.41. The van der Waals surface area contributed by atoms with E-state index in [2.05, 4.69) is 10.6 Å². The molecule has 0 radical (unpaired) electrons. The van der Waals surface area contributed by atoms with Gasteiger partial charge in [-0.1, -0.05) is 13.8 Å². The van der Waals surface area contributed by atoms with Crippen LogP contribution in [0.5, 0.6) is 11.5 Å². The SMILES string of the molecule is CCC(CC)(CN)C(=O)Nc1ccc(OC)c(OCC(=O)NC2CC2)c1.Cl. The van der Waals surface area contributed by atoms with Gasteiger partial charge in [0.15, 0.2) is 18.1 Å². The first kappa shape index (κ1) is 23.0. The molecule has 1 saturated carbocycles. The van der Waals surface area contributed by atoms with E-state index in [9.17, 15) is 9.59 Å². The summed E-state index contributed by atoms with van der Waals surface area (Å²) in [5.41, 5.74) is 5.82. The number of methoxy groups -OCH3 is 1. The van der Waals surface area contributed by atoms with Crippen molar-refractivity contribution in [2.24, 2.45) is 11.1 Å². The number of ether oxygens (including phenoxy) is 2. The fourth-order valence-electron chi connectivity index (χ4n) is 2.72. The number of benzene rings is 1. The Morgan fingerprint density at radius 3 is 2.41 bits per heavy atom. The number of hydrogen-bond donors (Lipinski definition) is 3. The van der Waals surface area contributed by atoms with Crippen molar-refractivity contribution in [3.8, 4) is 11.5 Å². The van der Waals surface area contributed by atoms with Crippen LogP contribution in [0.15, 0.2) is 18.2 Å². The summed E-state index contributed by atoms with van der Waals surface area (Å²) in [7, 11) is 1.53. The zero-order valence-electron chi connectivity index (χ0n) is 16.2. The van der Waals surface area contributed by atoms with Crippen LogP contribution >= 0.6 is 12.4 Å². The number of anilines is 1. The highest BCUT2D eigenvalue weighted by Crippen LogP contribution is 2.32. The Morgan fingerprint density at radius 1 is 1.22 bits per heavy atom. The lowest BCUT2D eigenvalue weighted by atomic mass is 9.81. The molecule has 1 aromatic carbocycles. The predicted octanol–water partition coefficient (Wildman–Crippen LogP) is 2.48. The van der Waals surface area contributed by atoms with Gasteiger partial charge >= 0.3 is 0 Å². The molecule has 4 N–H and O–H groups in total. The average molecular weight is 400 g/mol. The Labute approximate surface area is 166 Å². The number of hydrogen-bond acceptors (Lipinski definition) is 5. The maximum Gasteiger partial charge on any atom is 0.258 e. The molecule has 2 rings (SSSR count). The molecule has 0 saturated heterocycles. The first-order valence-corrected chi connectivity index (χ1v) is 9.09. The molecule has 2 amide bonds. The van der Waals surface area contributed by atoms with Crippen molar-refractivity contribution in [3.63, 3.8) is 0 Å². The highest BCUT2D eigenvalue weighted by Gasteiger charge is 2.33. The quantitative estimate of drug-likeness (QED) is 0.560. The van der Waals surface area contributed by atoms with Gasteiger partial charge in [0.1, 0.15) is 0 Å². The van der Waals surface area contributed by atoms with Crippen LogP contribution < -0.4 is 25.8 Å². The fraction of sp³-hybridized carbons (Fsp3) is 0.579. The number of halogens is 1. The van der Waals surface area contributed by atoms with E-state index in [1.54, 1.807) is 18.2 Å². The van der Waals surface area contributed by atoms with Gasteiger partial charge in [-0.2, -0.15) is 0 Å². The predicted molar refractivity (Wildman–Crippen MR) is 108 cm³/mol. The van der Waals surface area contributed by atoms with Crippen molar-refractivity contribution in [2.75, 3.05) is 25.6 Å². The van der Waals surface area contributed by atoms with Crippen molar-refractivity contribution >= 4 is 29.9 Å². The molecule has 0 aromatic heterocycles. The molecular weight excluding hydrogens is 370 g/mol. The molecule has 1 aromatic rings. The van der Waals surface area contributed by atoms with Crippen molar-refractivity contribution in [3.05, 3.63) is 18.2 Å². The zero-order chi connectivity index (χ0) is 19.2. The van der Waals surface area contributed by atoms with Crippen LogP contribution in [0.2, 0.25) is 0 Å². The van der Waals surface area contributed by atoms with E-state index >= 15 is 0 Å². The summed E-state index contributed by atoms with van der Waals surface area (Å²) in [5, 5.41) is 5.76. The normalized spacial score (nSPS) is 13.3. The summed E-state index contributed by atoms with van der Waals surface area (Å²) in [6, 6.07) is 5.38. The van der Waals surface area contributed by atoms with Crippen LogP contribution in [0.4, 0.5) is 5.69 Å². The summed E-state index contributed by atoms with van der Waals surface area (Å²) in [5.74, 6) is 0.622. The third-order valence-electron chi connectivity index (χ3n) is 4.95. The molecule has 1 aliphatic rings. The van der Waals surface area contributed by atoms with E-state index < -0.39 is 5.41 Å². The van der Waals surface area contributed by atoms with Crippen LogP contribution in [-0.2, 0) is 9.59 Å². The Bertz CT molecular complexity index is 638. The van der Waals surface area contributed by atoms with Crippen LogP contribution in [-0.4, -0.2) is 38.1 Å². The first-order valence-electron chi connectivity index (χ1n) is 9.09. The fourth-order valence-corrected chi connectivity index (χ4v) is 2.72. The standard InChI is InChI=1S/C19H29N3O4.ClH/c1-4-19(5-2,12-20)18(24)22-14-8-9-15(25-3)16(10-14)26-11-17(23)21-13-6-7-13;/h8-10,13H,4-7,11-12,20H2,1-3H3,(H,21,23)(H,22,24);1H. The van der Waals surface area contributed by atoms with Crippen molar-refractivity contribution in [1.29, 1.82) is 0 Å². The summed E-state index contributed by atoms with van der Waals surface area (Å²) in [6.07, 6.45) is 3.36. The second kappa shape index (κ2) is 10.4. The molecule has 0 heterocycles. The van der Waals surface area contributed by atoms with Gasteiger partial charge in [-0.05, 0) is 37.8 Å². The van der Waals surface area contributed by atoms with E-state index in [-0.39, 0.29) is 43.4 Å². The largest absolute Gasteiger partial charge is 0.493 e. The van der Waals surface area contributed by atoms with Crippen molar-refractivity contribution in [1.82, 2.24) is 5.32 Å². The molecule has 0 bridgehead atoms. The Hall–Kier alpha value is -1.99. The van der Waals surface area contributed by atoms with Crippen LogP contribution in [0.1, 0.15) is 39.5 Å². The van der Waals surface area contributed by atoms with Gasteiger partial charge in [0.25, 0.3) is 5.91 Å². The monoisotopic (exact) mass is 399 g/mol. The minimum atomic E-state index is -0.592. The highest BCUT2D eigenvalue weighted by molar-refractivity contribution is 5.95. The number of nitrogens with one attached hydrogen (secondary N) is 2. The average Bonchev–Trinajstić information content (AvgIpc) is 3.46. The number of amides is 2. The lowest BCUT2D eigenvalue weighted by Gasteiger charge is -2.28. The first-order chi connectivity index (χ1) is 12.5. The molecule has 0 unspecified atom stereocenters. The smallest absolute Gasteiger partial charge is 0.258 e. The van der Waals surface area contributed by atoms with Gasteiger partial charge in [-0.25, -0.2) is 0 Å². The molecule has 8 heteroatoms. The number of carbonyl (C=O) groups is 2. The summed E-state index contributed by atoms with van der Waals surface area (Å²) in [6.45, 7) is 4.10. The minimum Gasteiger partial charge on any atom is -0.493 e. The van der Waals surface area contributed by atoms with Crippen LogP contribution in [0.25, 0.3) is 0 Å². The van der Waals surface area contributed by atoms with E-state index in [4.69, 9.17) is 15.2 Å². The third kappa shape index (κ3) is 6.01. The Balaban J connectivity index is 0.00000364. The summed E-state index contributed by atoms with van der Waals surface area (Å²) in [4.78, 5) is 24.5. The summed E-state index contributed by atoms with van der Waals surface area (Å²) < 4.78 is 10.9. The molecule has 1 fully saturated rings. The number of rotatable bonds is 10. The van der Waals surface area contributed by atoms with Gasteiger partial charge in [0, 0.05) is 24.3 Å². The highest BCUT2D eigenvalue weighted by atomic mass is 35.5. The molecule has 1 aliphatic carbocycles. The maximum absolute atomic E-state index is 12.7. The van der Waals surface area contributed by atoms with E-state index in [0.29, 0.717) is 30.0 Å². The second-order valence-electron chi connectivity index (χ2n) is 6.64. The number of carbonyl (C=O) groups excluding carboxylic acids is 2. The van der Waals surface area contributed by atoms with Gasteiger partial charge in [0.2, 0.25) is 5.91 Å². The summed E-state index contributed by atoms with van der Waals surface area (Å²) >= 11 is 0. The van der Waals surface area contributed by atoms with E-state index in [1.165, 1.54) is 7.11 Å². The molecule has 27 heavy (non-hydrogen) atoms.